The lowest BCUT2D eigenvalue weighted by molar-refractivity contribution is 0.102. The van der Waals surface area contributed by atoms with E-state index in [0.717, 1.165) is 4.47 Å². The molecule has 20 heavy (non-hydrogen) atoms. The van der Waals surface area contributed by atoms with E-state index in [1.165, 1.54) is 14.2 Å². The maximum Gasteiger partial charge on any atom is 0.258 e. The Morgan fingerprint density at radius 3 is 2.40 bits per heavy atom. The second-order valence-corrected chi connectivity index (χ2v) is 4.66. The molecular weight excluding hydrogens is 326 g/mol. The summed E-state index contributed by atoms with van der Waals surface area (Å²) >= 11 is 3.22. The molecule has 1 heterocycles. The maximum absolute atomic E-state index is 12.1. The van der Waals surface area contributed by atoms with E-state index >= 15 is 0 Å². The van der Waals surface area contributed by atoms with E-state index in [2.05, 4.69) is 31.2 Å². The number of rotatable bonds is 4. The quantitative estimate of drug-likeness (QED) is 0.927. The van der Waals surface area contributed by atoms with Crippen LogP contribution >= 0.6 is 15.9 Å². The van der Waals surface area contributed by atoms with Crippen molar-refractivity contribution in [2.75, 3.05) is 19.5 Å². The standard InChI is InChI=1S/C13H12BrN3O3/c1-19-10-4-3-8(5-11(10)20-2)12(18)17-13-15-6-9(14)7-16-13/h3-7H,1-2H3,(H,15,16,17,18). The second kappa shape index (κ2) is 6.33. The molecule has 0 aliphatic heterocycles. The lowest BCUT2D eigenvalue weighted by Crippen LogP contribution is -2.14. The van der Waals surface area contributed by atoms with Crippen LogP contribution in [0.4, 0.5) is 5.95 Å². The Hall–Kier alpha value is -2.15. The molecule has 1 amide bonds. The molecule has 7 heteroatoms. The lowest BCUT2D eigenvalue weighted by Gasteiger charge is -2.09. The van der Waals surface area contributed by atoms with Gasteiger partial charge in [-0.15, -0.1) is 0 Å². The van der Waals surface area contributed by atoms with Crippen LogP contribution in [0.2, 0.25) is 0 Å². The van der Waals surface area contributed by atoms with Crippen molar-refractivity contribution in [3.05, 3.63) is 40.6 Å². The summed E-state index contributed by atoms with van der Waals surface area (Å²) in [4.78, 5) is 20.0. The highest BCUT2D eigenvalue weighted by molar-refractivity contribution is 9.10. The van der Waals surface area contributed by atoms with Crippen LogP contribution in [0.15, 0.2) is 35.1 Å². The number of aromatic nitrogens is 2. The highest BCUT2D eigenvalue weighted by atomic mass is 79.9. The van der Waals surface area contributed by atoms with Crippen LogP contribution in [0.25, 0.3) is 0 Å². The topological polar surface area (TPSA) is 73.3 Å². The molecule has 0 spiro atoms. The average Bonchev–Trinajstić information content (AvgIpc) is 2.48. The number of amides is 1. The summed E-state index contributed by atoms with van der Waals surface area (Å²) in [5.41, 5.74) is 0.425. The van der Waals surface area contributed by atoms with Crippen LogP contribution in [-0.4, -0.2) is 30.1 Å². The summed E-state index contributed by atoms with van der Waals surface area (Å²) in [6.07, 6.45) is 3.11. The van der Waals surface area contributed by atoms with Crippen molar-refractivity contribution >= 4 is 27.8 Å². The number of methoxy groups -OCH3 is 2. The summed E-state index contributed by atoms with van der Waals surface area (Å²) in [7, 11) is 3.05. The van der Waals surface area contributed by atoms with Gasteiger partial charge in [-0.1, -0.05) is 0 Å². The van der Waals surface area contributed by atoms with Gasteiger partial charge in [0.25, 0.3) is 5.91 Å². The molecule has 0 radical (unpaired) electrons. The number of carbonyl (C=O) groups excluding carboxylic acids is 1. The number of hydrogen-bond acceptors (Lipinski definition) is 5. The van der Waals surface area contributed by atoms with Crippen molar-refractivity contribution in [2.24, 2.45) is 0 Å². The summed E-state index contributed by atoms with van der Waals surface area (Å²) in [5.74, 6) is 0.946. The normalized spacial score (nSPS) is 9.95. The molecule has 0 saturated heterocycles. The largest absolute Gasteiger partial charge is 0.493 e. The smallest absolute Gasteiger partial charge is 0.258 e. The van der Waals surface area contributed by atoms with Crippen LogP contribution in [0.3, 0.4) is 0 Å². The Balaban J connectivity index is 2.18. The fourth-order valence-electron chi connectivity index (χ4n) is 1.53. The predicted octanol–water partition coefficient (Wildman–Crippen LogP) is 2.51. The minimum atomic E-state index is -0.326. The Morgan fingerprint density at radius 2 is 1.80 bits per heavy atom. The SMILES string of the molecule is COc1ccc(C(=O)Nc2ncc(Br)cn2)cc1OC. The Bertz CT molecular complexity index is 617. The lowest BCUT2D eigenvalue weighted by atomic mass is 10.2. The summed E-state index contributed by atoms with van der Waals surface area (Å²) in [6.45, 7) is 0. The van der Waals surface area contributed by atoms with Gasteiger partial charge in [0.15, 0.2) is 11.5 Å². The highest BCUT2D eigenvalue weighted by Crippen LogP contribution is 2.27. The molecule has 1 aromatic heterocycles. The predicted molar refractivity (Wildman–Crippen MR) is 77.2 cm³/mol. The molecule has 0 saturated carbocycles. The van der Waals surface area contributed by atoms with E-state index in [1.807, 2.05) is 0 Å². The van der Waals surface area contributed by atoms with Crippen molar-refractivity contribution in [1.29, 1.82) is 0 Å². The van der Waals surface area contributed by atoms with Gasteiger partial charge in [-0.25, -0.2) is 9.97 Å². The molecular formula is C13H12BrN3O3. The van der Waals surface area contributed by atoms with Gasteiger partial charge in [0.2, 0.25) is 5.95 Å². The number of benzene rings is 1. The molecule has 2 aromatic rings. The first-order chi connectivity index (χ1) is 9.63. The minimum Gasteiger partial charge on any atom is -0.493 e. The number of nitrogens with zero attached hydrogens (tertiary/aromatic N) is 2. The van der Waals surface area contributed by atoms with E-state index in [1.54, 1.807) is 30.6 Å². The van der Waals surface area contributed by atoms with Gasteiger partial charge < -0.3 is 9.47 Å². The van der Waals surface area contributed by atoms with Crippen LogP contribution in [0.5, 0.6) is 11.5 Å². The van der Waals surface area contributed by atoms with Gasteiger partial charge in [0.05, 0.1) is 18.7 Å². The van der Waals surface area contributed by atoms with Gasteiger partial charge in [-0.2, -0.15) is 0 Å². The van der Waals surface area contributed by atoms with E-state index in [-0.39, 0.29) is 11.9 Å². The maximum atomic E-state index is 12.1. The van der Waals surface area contributed by atoms with Crippen molar-refractivity contribution in [1.82, 2.24) is 9.97 Å². The number of hydrogen-bond donors (Lipinski definition) is 1. The molecule has 2 rings (SSSR count). The molecule has 6 nitrogen and oxygen atoms in total. The monoisotopic (exact) mass is 337 g/mol. The number of carbonyl (C=O) groups is 1. The molecule has 0 aliphatic rings. The molecule has 0 aliphatic carbocycles. The molecule has 104 valence electrons. The van der Waals surface area contributed by atoms with Crippen LogP contribution in [0.1, 0.15) is 10.4 Å². The Kier molecular flexibility index (Phi) is 4.52. The summed E-state index contributed by atoms with van der Waals surface area (Å²) < 4.78 is 11.0. The third-order valence-electron chi connectivity index (χ3n) is 2.49. The zero-order valence-corrected chi connectivity index (χ0v) is 12.5. The second-order valence-electron chi connectivity index (χ2n) is 3.75. The first-order valence-corrected chi connectivity index (χ1v) is 6.44. The number of anilines is 1. The summed E-state index contributed by atoms with van der Waals surface area (Å²) in [5, 5.41) is 2.60. The van der Waals surface area contributed by atoms with Gasteiger partial charge in [-0.3, -0.25) is 10.1 Å². The fourth-order valence-corrected chi connectivity index (χ4v) is 1.73. The van der Waals surface area contributed by atoms with Crippen LogP contribution < -0.4 is 14.8 Å². The molecule has 1 N–H and O–H groups in total. The van der Waals surface area contributed by atoms with Gasteiger partial charge in [0.1, 0.15) is 0 Å². The number of ether oxygens (including phenoxy) is 2. The third kappa shape index (κ3) is 3.24. The highest BCUT2D eigenvalue weighted by Gasteiger charge is 2.11. The van der Waals surface area contributed by atoms with Gasteiger partial charge in [-0.05, 0) is 34.1 Å². The first kappa shape index (κ1) is 14.3. The van der Waals surface area contributed by atoms with Crippen molar-refractivity contribution < 1.29 is 14.3 Å². The average molecular weight is 338 g/mol. The Labute approximate surface area is 124 Å². The zero-order chi connectivity index (χ0) is 14.5. The van der Waals surface area contributed by atoms with Crippen molar-refractivity contribution in [3.63, 3.8) is 0 Å². The molecule has 1 aromatic carbocycles. The fraction of sp³-hybridized carbons (Fsp3) is 0.154. The van der Waals surface area contributed by atoms with E-state index in [4.69, 9.17) is 9.47 Å². The van der Waals surface area contributed by atoms with Crippen molar-refractivity contribution in [3.8, 4) is 11.5 Å². The number of halogens is 1. The zero-order valence-electron chi connectivity index (χ0n) is 10.9. The van der Waals surface area contributed by atoms with E-state index in [9.17, 15) is 4.79 Å². The van der Waals surface area contributed by atoms with Crippen molar-refractivity contribution in [2.45, 2.75) is 0 Å². The molecule has 0 atom stereocenters. The first-order valence-electron chi connectivity index (χ1n) is 5.65. The Morgan fingerprint density at radius 1 is 1.15 bits per heavy atom. The van der Waals surface area contributed by atoms with Crippen LogP contribution in [-0.2, 0) is 0 Å². The third-order valence-corrected chi connectivity index (χ3v) is 2.90. The number of nitrogens with one attached hydrogen (secondary N) is 1. The van der Waals surface area contributed by atoms with E-state index in [0.29, 0.717) is 17.1 Å². The minimum absolute atomic E-state index is 0.230. The van der Waals surface area contributed by atoms with E-state index < -0.39 is 0 Å². The molecule has 0 unspecified atom stereocenters. The van der Waals surface area contributed by atoms with Gasteiger partial charge in [0, 0.05) is 18.0 Å². The molecule has 0 bridgehead atoms. The molecule has 0 fully saturated rings. The van der Waals surface area contributed by atoms with Gasteiger partial charge >= 0.3 is 0 Å². The van der Waals surface area contributed by atoms with Crippen LogP contribution in [0, 0.1) is 0 Å². The summed E-state index contributed by atoms with van der Waals surface area (Å²) in [6, 6.07) is 4.89.